The van der Waals surface area contributed by atoms with Crippen molar-refractivity contribution in [1.82, 2.24) is 30.0 Å². The number of carbonyl (C=O) groups excluding carboxylic acids is 2. The average molecular weight is 695 g/mol. The molecular formula is C42H58N6O3. The third-order valence-electron chi connectivity index (χ3n) is 12.0. The fourth-order valence-electron chi connectivity index (χ4n) is 8.99. The summed E-state index contributed by atoms with van der Waals surface area (Å²) in [5.41, 5.74) is 5.20. The van der Waals surface area contributed by atoms with Crippen LogP contribution in [-0.2, 0) is 40.3 Å². The maximum Gasteiger partial charge on any atom is 0.245 e. The molecule has 1 saturated carbocycles. The zero-order valence-electron chi connectivity index (χ0n) is 30.7. The molecule has 2 saturated heterocycles. The Bertz CT molecular complexity index is 1770. The van der Waals surface area contributed by atoms with Gasteiger partial charge in [-0.05, 0) is 101 Å². The van der Waals surface area contributed by atoms with E-state index in [1.165, 1.54) is 52.2 Å². The lowest BCUT2D eigenvalue weighted by atomic mass is 9.83. The van der Waals surface area contributed by atoms with Gasteiger partial charge in [0.15, 0.2) is 0 Å². The van der Waals surface area contributed by atoms with Crippen molar-refractivity contribution in [3.05, 3.63) is 72.1 Å². The second-order valence-corrected chi connectivity index (χ2v) is 15.3. The third kappa shape index (κ3) is 8.21. The van der Waals surface area contributed by atoms with Crippen LogP contribution in [0.3, 0.4) is 0 Å². The second-order valence-electron chi connectivity index (χ2n) is 15.3. The molecule has 3 N–H and O–H groups in total. The minimum Gasteiger partial charge on any atom is -0.378 e. The smallest absolute Gasteiger partial charge is 0.245 e. The lowest BCUT2D eigenvalue weighted by molar-refractivity contribution is -0.139. The number of para-hydroxylation sites is 2. The molecular weight excluding hydrogens is 637 g/mol. The Hall–Kier alpha value is -3.66. The van der Waals surface area contributed by atoms with E-state index in [2.05, 4.69) is 90.9 Å². The summed E-state index contributed by atoms with van der Waals surface area (Å²) in [4.78, 5) is 29.4. The van der Waals surface area contributed by atoms with Gasteiger partial charge in [0.05, 0.1) is 19.3 Å². The van der Waals surface area contributed by atoms with Gasteiger partial charge < -0.3 is 34.7 Å². The van der Waals surface area contributed by atoms with Gasteiger partial charge in [0.25, 0.3) is 0 Å². The van der Waals surface area contributed by atoms with Crippen LogP contribution in [0, 0.1) is 5.92 Å². The van der Waals surface area contributed by atoms with E-state index in [1.807, 2.05) is 6.92 Å². The summed E-state index contributed by atoms with van der Waals surface area (Å²) in [5, 5.41) is 12.5. The van der Waals surface area contributed by atoms with Gasteiger partial charge in [0, 0.05) is 65.9 Å². The molecule has 0 radical (unpaired) electrons. The van der Waals surface area contributed by atoms with Crippen molar-refractivity contribution in [2.24, 2.45) is 5.92 Å². The molecule has 2 aromatic carbocycles. The molecule has 0 bridgehead atoms. The molecule has 1 unspecified atom stereocenters. The van der Waals surface area contributed by atoms with E-state index in [0.717, 1.165) is 77.5 Å². The monoisotopic (exact) mass is 694 g/mol. The summed E-state index contributed by atoms with van der Waals surface area (Å²) >= 11 is 0. The summed E-state index contributed by atoms with van der Waals surface area (Å²) in [5.74, 6) is 0.219. The molecule has 9 heteroatoms. The molecule has 274 valence electrons. The molecule has 2 aromatic heterocycles. The SMILES string of the molecule is CN[C@@H](C)C(=O)NC(C(=O)N1CCC[C@H]1Cc1cn(CCOCCn2cc(C[C@@H]3CCCN3)c3ccccc32)c2ccccc12)C1CCCCC1. The van der Waals surface area contributed by atoms with E-state index < -0.39 is 6.04 Å². The van der Waals surface area contributed by atoms with Crippen LogP contribution in [0.5, 0.6) is 0 Å². The summed E-state index contributed by atoms with van der Waals surface area (Å²) in [7, 11) is 1.79. The number of likely N-dealkylation sites (N-methyl/N-ethyl adjacent to an activating group) is 1. The Labute approximate surface area is 303 Å². The lowest BCUT2D eigenvalue weighted by Crippen LogP contribution is -2.56. The highest BCUT2D eigenvalue weighted by atomic mass is 16.5. The molecule has 0 spiro atoms. The minimum atomic E-state index is -0.451. The quantitative estimate of drug-likeness (QED) is 0.137. The number of fused-ring (bicyclic) bond motifs is 2. The first-order valence-corrected chi connectivity index (χ1v) is 19.7. The summed E-state index contributed by atoms with van der Waals surface area (Å²) in [6.45, 7) is 6.65. The molecule has 9 nitrogen and oxygen atoms in total. The molecule has 4 atom stereocenters. The number of hydrogen-bond acceptors (Lipinski definition) is 5. The highest BCUT2D eigenvalue weighted by Gasteiger charge is 2.39. The third-order valence-corrected chi connectivity index (χ3v) is 12.0. The molecule has 1 aliphatic carbocycles. The highest BCUT2D eigenvalue weighted by molar-refractivity contribution is 5.90. The van der Waals surface area contributed by atoms with E-state index in [0.29, 0.717) is 19.3 Å². The minimum absolute atomic E-state index is 0.0919. The molecule has 51 heavy (non-hydrogen) atoms. The van der Waals surface area contributed by atoms with Crippen molar-refractivity contribution < 1.29 is 14.3 Å². The maximum atomic E-state index is 14.3. The molecule has 3 fully saturated rings. The topological polar surface area (TPSA) is 92.6 Å². The molecule has 4 heterocycles. The molecule has 7 rings (SSSR count). The van der Waals surface area contributed by atoms with E-state index in [-0.39, 0.29) is 29.8 Å². The number of ether oxygens (including phenoxy) is 1. The van der Waals surface area contributed by atoms with Crippen molar-refractivity contribution >= 4 is 33.6 Å². The van der Waals surface area contributed by atoms with Crippen LogP contribution in [0.2, 0.25) is 0 Å². The number of hydrogen-bond donors (Lipinski definition) is 3. The molecule has 3 aliphatic rings. The van der Waals surface area contributed by atoms with E-state index in [9.17, 15) is 9.59 Å². The van der Waals surface area contributed by atoms with Crippen LogP contribution in [0.15, 0.2) is 60.9 Å². The van der Waals surface area contributed by atoms with Crippen molar-refractivity contribution in [3.63, 3.8) is 0 Å². The van der Waals surface area contributed by atoms with E-state index >= 15 is 0 Å². The Morgan fingerprint density at radius 2 is 1.47 bits per heavy atom. The van der Waals surface area contributed by atoms with E-state index in [4.69, 9.17) is 4.74 Å². The largest absolute Gasteiger partial charge is 0.378 e. The van der Waals surface area contributed by atoms with E-state index in [1.54, 1.807) is 7.05 Å². The van der Waals surface area contributed by atoms with Gasteiger partial charge in [0.2, 0.25) is 11.8 Å². The first kappa shape index (κ1) is 35.7. The number of nitrogens with one attached hydrogen (secondary N) is 3. The first-order valence-electron chi connectivity index (χ1n) is 19.7. The van der Waals surface area contributed by atoms with Crippen LogP contribution in [-0.4, -0.2) is 83.4 Å². The zero-order valence-corrected chi connectivity index (χ0v) is 30.7. The Balaban J connectivity index is 0.986. The van der Waals surface area contributed by atoms with Gasteiger partial charge in [-0.2, -0.15) is 0 Å². The number of rotatable bonds is 15. The van der Waals surface area contributed by atoms with Crippen molar-refractivity contribution in [1.29, 1.82) is 0 Å². The lowest BCUT2D eigenvalue weighted by Gasteiger charge is -2.35. The van der Waals surface area contributed by atoms with Gasteiger partial charge >= 0.3 is 0 Å². The summed E-state index contributed by atoms with van der Waals surface area (Å²) in [6, 6.07) is 17.3. The predicted octanol–water partition coefficient (Wildman–Crippen LogP) is 5.81. The van der Waals surface area contributed by atoms with Crippen LogP contribution >= 0.6 is 0 Å². The van der Waals surface area contributed by atoms with Crippen molar-refractivity contribution in [2.45, 2.75) is 115 Å². The summed E-state index contributed by atoms with van der Waals surface area (Å²) < 4.78 is 11.0. The van der Waals surface area contributed by atoms with Gasteiger partial charge in [-0.15, -0.1) is 0 Å². The number of likely N-dealkylation sites (tertiary alicyclic amines) is 1. The molecule has 2 amide bonds. The van der Waals surface area contributed by atoms with Crippen molar-refractivity contribution in [3.8, 4) is 0 Å². The number of amides is 2. The number of nitrogens with zero attached hydrogens (tertiary/aromatic N) is 3. The summed E-state index contributed by atoms with van der Waals surface area (Å²) in [6.07, 6.45) is 16.5. The van der Waals surface area contributed by atoms with Gasteiger partial charge in [-0.25, -0.2) is 0 Å². The number of benzene rings is 2. The normalized spacial score (nSPS) is 21.1. The van der Waals surface area contributed by atoms with Crippen molar-refractivity contribution in [2.75, 3.05) is 33.4 Å². The first-order chi connectivity index (χ1) is 25.0. The highest BCUT2D eigenvalue weighted by Crippen LogP contribution is 2.32. The Morgan fingerprint density at radius 1 is 0.824 bits per heavy atom. The van der Waals surface area contributed by atoms with Crippen LogP contribution in [0.25, 0.3) is 21.8 Å². The fraction of sp³-hybridized carbons (Fsp3) is 0.571. The van der Waals surface area contributed by atoms with Gasteiger partial charge in [-0.1, -0.05) is 55.7 Å². The van der Waals surface area contributed by atoms with Crippen LogP contribution in [0.1, 0.15) is 75.8 Å². The van der Waals surface area contributed by atoms with Crippen LogP contribution in [0.4, 0.5) is 0 Å². The maximum absolute atomic E-state index is 14.3. The molecule has 2 aliphatic heterocycles. The van der Waals surface area contributed by atoms with Gasteiger partial charge in [0.1, 0.15) is 6.04 Å². The zero-order chi connectivity index (χ0) is 35.2. The fourth-order valence-corrected chi connectivity index (χ4v) is 8.99. The standard InChI is InChI=1S/C42H58N6O3/c1-30(43-2)41(49)45-40(31-12-4-3-5-13-31)42(50)48-21-11-15-35(48)27-33-29-47(39-19-9-7-17-37(33)39)23-25-51-24-22-46-28-32(26-34-14-10-20-44-34)36-16-6-8-18-38(36)46/h6-9,16-19,28-31,34-35,40,43-44H,3-5,10-15,20-27H2,1-2H3,(H,45,49)/t30-,34-,35-,40?/m0/s1. The second kappa shape index (κ2) is 16.8. The molecule has 4 aromatic rings. The number of carbonyl (C=O) groups is 2. The van der Waals surface area contributed by atoms with Gasteiger partial charge in [-0.3, -0.25) is 9.59 Å². The Morgan fingerprint density at radius 3 is 2.10 bits per heavy atom. The Kier molecular flexibility index (Phi) is 11.8. The van der Waals surface area contributed by atoms with Crippen LogP contribution < -0.4 is 16.0 Å². The number of aromatic nitrogens is 2. The average Bonchev–Trinajstić information content (AvgIpc) is 3.99. The predicted molar refractivity (Wildman–Crippen MR) is 205 cm³/mol.